The van der Waals surface area contributed by atoms with E-state index in [1.165, 1.54) is 38.5 Å². The molecule has 1 saturated heterocycles. The Bertz CT molecular complexity index is 970. The fourth-order valence-electron chi connectivity index (χ4n) is 2.60. The molecule has 0 unspecified atom stereocenters. The van der Waals surface area contributed by atoms with Crippen LogP contribution in [0.1, 0.15) is 5.56 Å². The molecule has 1 aliphatic rings. The standard InChI is InChI=1S/C19H15FN2O5/c1-26-12-8-7-11(16(10-12)27-2)9-13-17(23)21-19(25)22(18(13)24)15-6-4-3-5-14(15)20/h3-10H,1-2H3,(H,21,23,25). The Balaban J connectivity index is 2.06. The zero-order valence-electron chi connectivity index (χ0n) is 14.5. The molecule has 2 aromatic carbocycles. The monoisotopic (exact) mass is 370 g/mol. The third kappa shape index (κ3) is 3.37. The average molecular weight is 370 g/mol. The molecule has 2 aromatic rings. The number of rotatable bonds is 4. The quantitative estimate of drug-likeness (QED) is 0.660. The average Bonchev–Trinajstić information content (AvgIpc) is 2.66. The van der Waals surface area contributed by atoms with Gasteiger partial charge in [-0.1, -0.05) is 12.1 Å². The van der Waals surface area contributed by atoms with E-state index in [9.17, 15) is 18.8 Å². The van der Waals surface area contributed by atoms with Crippen LogP contribution < -0.4 is 19.7 Å². The van der Waals surface area contributed by atoms with Gasteiger partial charge in [0.1, 0.15) is 22.9 Å². The number of barbiturate groups is 1. The minimum atomic E-state index is -1.02. The molecule has 7 nitrogen and oxygen atoms in total. The van der Waals surface area contributed by atoms with E-state index in [-0.39, 0.29) is 11.3 Å². The maximum atomic E-state index is 14.1. The van der Waals surface area contributed by atoms with Gasteiger partial charge in [0, 0.05) is 11.6 Å². The number of carbonyl (C=O) groups excluding carboxylic acids is 3. The number of ether oxygens (including phenoxy) is 2. The maximum Gasteiger partial charge on any atom is 0.336 e. The molecule has 0 aromatic heterocycles. The van der Waals surface area contributed by atoms with Gasteiger partial charge in [-0.3, -0.25) is 14.9 Å². The second-order valence-electron chi connectivity index (χ2n) is 5.52. The number of benzene rings is 2. The van der Waals surface area contributed by atoms with Crippen molar-refractivity contribution in [3.8, 4) is 11.5 Å². The molecule has 0 aliphatic carbocycles. The summed E-state index contributed by atoms with van der Waals surface area (Å²) in [7, 11) is 2.91. The normalized spacial score (nSPS) is 15.7. The third-order valence-electron chi connectivity index (χ3n) is 3.94. The van der Waals surface area contributed by atoms with Crippen molar-refractivity contribution in [1.82, 2.24) is 5.32 Å². The molecule has 0 spiro atoms. The minimum Gasteiger partial charge on any atom is -0.497 e. The van der Waals surface area contributed by atoms with E-state index in [1.54, 1.807) is 18.2 Å². The van der Waals surface area contributed by atoms with E-state index in [2.05, 4.69) is 0 Å². The number of nitrogens with zero attached hydrogens (tertiary/aromatic N) is 1. The number of imide groups is 2. The highest BCUT2D eigenvalue weighted by Gasteiger charge is 2.38. The fraction of sp³-hybridized carbons (Fsp3) is 0.105. The molecule has 1 aliphatic heterocycles. The minimum absolute atomic E-state index is 0.250. The van der Waals surface area contributed by atoms with Gasteiger partial charge in [-0.2, -0.15) is 0 Å². The summed E-state index contributed by atoms with van der Waals surface area (Å²) in [6.45, 7) is 0. The SMILES string of the molecule is COc1ccc(C=C2C(=O)NC(=O)N(c3ccccc3F)C2=O)c(OC)c1. The van der Waals surface area contributed by atoms with E-state index in [1.807, 2.05) is 5.32 Å². The van der Waals surface area contributed by atoms with Gasteiger partial charge in [-0.05, 0) is 30.3 Å². The van der Waals surface area contributed by atoms with Crippen LogP contribution in [0.25, 0.3) is 6.08 Å². The predicted molar refractivity (Wildman–Crippen MR) is 94.9 cm³/mol. The Morgan fingerprint density at radius 1 is 1.04 bits per heavy atom. The zero-order valence-corrected chi connectivity index (χ0v) is 14.5. The van der Waals surface area contributed by atoms with Crippen molar-refractivity contribution in [3.05, 3.63) is 59.4 Å². The Hall–Kier alpha value is -3.68. The summed E-state index contributed by atoms with van der Waals surface area (Å²) in [4.78, 5) is 37.7. The van der Waals surface area contributed by atoms with Crippen molar-refractivity contribution in [2.24, 2.45) is 0 Å². The summed E-state index contributed by atoms with van der Waals surface area (Å²) in [5.41, 5.74) is -0.166. The molecule has 8 heteroatoms. The molecule has 138 valence electrons. The summed E-state index contributed by atoms with van der Waals surface area (Å²) in [6, 6.07) is 9.07. The number of anilines is 1. The second kappa shape index (κ2) is 7.28. The zero-order chi connectivity index (χ0) is 19.6. The Labute approximate surface area is 154 Å². The molecule has 3 rings (SSSR count). The van der Waals surface area contributed by atoms with E-state index in [0.29, 0.717) is 22.0 Å². The first-order valence-corrected chi connectivity index (χ1v) is 7.84. The third-order valence-corrected chi connectivity index (χ3v) is 3.94. The van der Waals surface area contributed by atoms with Gasteiger partial charge in [-0.25, -0.2) is 14.1 Å². The van der Waals surface area contributed by atoms with Gasteiger partial charge in [-0.15, -0.1) is 0 Å². The van der Waals surface area contributed by atoms with E-state index < -0.39 is 23.7 Å². The van der Waals surface area contributed by atoms with Gasteiger partial charge >= 0.3 is 6.03 Å². The number of carbonyl (C=O) groups is 3. The highest BCUT2D eigenvalue weighted by atomic mass is 19.1. The second-order valence-corrected chi connectivity index (χ2v) is 5.52. The van der Waals surface area contributed by atoms with Crippen LogP contribution in [0.2, 0.25) is 0 Å². The molecular weight excluding hydrogens is 355 g/mol. The lowest BCUT2D eigenvalue weighted by Gasteiger charge is -2.26. The molecule has 0 radical (unpaired) electrons. The molecule has 1 fully saturated rings. The lowest BCUT2D eigenvalue weighted by atomic mass is 10.1. The van der Waals surface area contributed by atoms with Crippen LogP contribution >= 0.6 is 0 Å². The topological polar surface area (TPSA) is 84.9 Å². The Morgan fingerprint density at radius 2 is 1.78 bits per heavy atom. The number of para-hydroxylation sites is 1. The van der Waals surface area contributed by atoms with Gasteiger partial charge < -0.3 is 9.47 Å². The van der Waals surface area contributed by atoms with Gasteiger partial charge in [0.15, 0.2) is 0 Å². The van der Waals surface area contributed by atoms with Crippen molar-refractivity contribution in [3.63, 3.8) is 0 Å². The number of hydrogen-bond donors (Lipinski definition) is 1. The highest BCUT2D eigenvalue weighted by molar-refractivity contribution is 6.39. The molecule has 27 heavy (non-hydrogen) atoms. The largest absolute Gasteiger partial charge is 0.497 e. The van der Waals surface area contributed by atoms with Crippen LogP contribution in [0.5, 0.6) is 11.5 Å². The molecule has 0 atom stereocenters. The number of methoxy groups -OCH3 is 2. The summed E-state index contributed by atoms with van der Waals surface area (Å²) in [5, 5.41) is 2.04. The first kappa shape index (κ1) is 18.1. The van der Waals surface area contributed by atoms with E-state index >= 15 is 0 Å². The number of nitrogens with one attached hydrogen (secondary N) is 1. The molecule has 1 N–H and O–H groups in total. The summed E-state index contributed by atoms with van der Waals surface area (Å²) < 4.78 is 24.4. The Morgan fingerprint density at radius 3 is 2.44 bits per heavy atom. The highest BCUT2D eigenvalue weighted by Crippen LogP contribution is 2.29. The Kier molecular flexibility index (Phi) is 4.89. The van der Waals surface area contributed by atoms with Crippen LogP contribution in [0.4, 0.5) is 14.9 Å². The van der Waals surface area contributed by atoms with Gasteiger partial charge in [0.25, 0.3) is 11.8 Å². The number of hydrogen-bond acceptors (Lipinski definition) is 5. The number of urea groups is 1. The van der Waals surface area contributed by atoms with Crippen molar-refractivity contribution in [2.45, 2.75) is 0 Å². The first-order chi connectivity index (χ1) is 13.0. The van der Waals surface area contributed by atoms with Crippen molar-refractivity contribution >= 4 is 29.6 Å². The summed E-state index contributed by atoms with van der Waals surface area (Å²) in [6.07, 6.45) is 1.27. The van der Waals surface area contributed by atoms with Crippen LogP contribution in [0.15, 0.2) is 48.0 Å². The molecule has 0 bridgehead atoms. The fourth-order valence-corrected chi connectivity index (χ4v) is 2.60. The van der Waals surface area contributed by atoms with Crippen molar-refractivity contribution < 1.29 is 28.2 Å². The maximum absolute atomic E-state index is 14.1. The number of halogens is 1. The van der Waals surface area contributed by atoms with Crippen LogP contribution in [0.3, 0.4) is 0 Å². The van der Waals surface area contributed by atoms with E-state index in [0.717, 1.165) is 6.07 Å². The van der Waals surface area contributed by atoms with Gasteiger partial charge in [0.2, 0.25) is 0 Å². The molecule has 1 heterocycles. The predicted octanol–water partition coefficient (Wildman–Crippen LogP) is 2.51. The van der Waals surface area contributed by atoms with Crippen LogP contribution in [-0.4, -0.2) is 32.1 Å². The molecule has 4 amide bonds. The lowest BCUT2D eigenvalue weighted by molar-refractivity contribution is -0.122. The lowest BCUT2D eigenvalue weighted by Crippen LogP contribution is -2.54. The first-order valence-electron chi connectivity index (χ1n) is 7.84. The van der Waals surface area contributed by atoms with Crippen molar-refractivity contribution in [2.75, 3.05) is 19.1 Å². The number of amides is 4. The van der Waals surface area contributed by atoms with E-state index in [4.69, 9.17) is 9.47 Å². The van der Waals surface area contributed by atoms with Crippen LogP contribution in [-0.2, 0) is 9.59 Å². The van der Waals surface area contributed by atoms with Gasteiger partial charge in [0.05, 0.1) is 19.9 Å². The smallest absolute Gasteiger partial charge is 0.336 e. The summed E-state index contributed by atoms with van der Waals surface area (Å²) in [5.74, 6) is -1.70. The van der Waals surface area contributed by atoms with Crippen molar-refractivity contribution in [1.29, 1.82) is 0 Å². The molecular formula is C19H15FN2O5. The van der Waals surface area contributed by atoms with Crippen LogP contribution in [0, 0.1) is 5.82 Å². The molecule has 0 saturated carbocycles. The summed E-state index contributed by atoms with van der Waals surface area (Å²) >= 11 is 0.